The molecule has 98 valence electrons. The van der Waals surface area contributed by atoms with Crippen LogP contribution in [0, 0.1) is 0 Å². The Morgan fingerprint density at radius 2 is 2.33 bits per heavy atom. The molecule has 0 aliphatic carbocycles. The molecule has 0 radical (unpaired) electrons. The second-order valence-corrected chi connectivity index (χ2v) is 4.96. The average molecular weight is 249 g/mol. The Balaban J connectivity index is 2.12. The molecule has 5 heteroatoms. The van der Waals surface area contributed by atoms with Gasteiger partial charge in [-0.1, -0.05) is 0 Å². The van der Waals surface area contributed by atoms with Gasteiger partial charge in [-0.05, 0) is 39.1 Å². The van der Waals surface area contributed by atoms with Crippen LogP contribution in [0.25, 0.3) is 0 Å². The summed E-state index contributed by atoms with van der Waals surface area (Å²) >= 11 is 0. The summed E-state index contributed by atoms with van der Waals surface area (Å²) in [6, 6.07) is 3.90. The lowest BCUT2D eigenvalue weighted by Gasteiger charge is -2.28. The van der Waals surface area contributed by atoms with Gasteiger partial charge in [-0.25, -0.2) is 9.78 Å². The predicted octanol–water partition coefficient (Wildman–Crippen LogP) is 1.31. The first-order valence-electron chi connectivity index (χ1n) is 6.18. The van der Waals surface area contributed by atoms with Crippen LogP contribution in [-0.2, 0) is 0 Å². The Hall–Kier alpha value is -1.62. The van der Waals surface area contributed by atoms with Crippen molar-refractivity contribution in [3.63, 3.8) is 0 Å². The molecule has 0 bridgehead atoms. The number of likely N-dealkylation sites (N-methyl/N-ethyl adjacent to an activating group) is 1. The van der Waals surface area contributed by atoms with Gasteiger partial charge in [-0.2, -0.15) is 0 Å². The van der Waals surface area contributed by atoms with Crippen LogP contribution in [0.3, 0.4) is 0 Å². The van der Waals surface area contributed by atoms with Crippen molar-refractivity contribution >= 4 is 11.8 Å². The lowest BCUT2D eigenvalue weighted by molar-refractivity contribution is 0.0696. The quantitative estimate of drug-likeness (QED) is 0.872. The van der Waals surface area contributed by atoms with Gasteiger partial charge in [0.25, 0.3) is 0 Å². The van der Waals surface area contributed by atoms with E-state index in [4.69, 9.17) is 5.11 Å². The van der Waals surface area contributed by atoms with Crippen molar-refractivity contribution in [2.24, 2.45) is 0 Å². The van der Waals surface area contributed by atoms with Crippen molar-refractivity contribution in [3.05, 3.63) is 23.9 Å². The number of hydrogen-bond acceptors (Lipinski definition) is 4. The zero-order valence-electron chi connectivity index (χ0n) is 10.8. The number of pyridine rings is 1. The minimum absolute atomic E-state index is 0.238. The van der Waals surface area contributed by atoms with Crippen molar-refractivity contribution in [2.45, 2.75) is 18.9 Å². The molecule has 0 aromatic carbocycles. The molecular formula is C13H19N3O2. The number of hydrogen-bond donors (Lipinski definition) is 1. The lowest BCUT2D eigenvalue weighted by Crippen LogP contribution is -2.38. The first-order chi connectivity index (χ1) is 8.58. The Morgan fingerprint density at radius 3 is 2.89 bits per heavy atom. The number of anilines is 1. The van der Waals surface area contributed by atoms with E-state index < -0.39 is 5.97 Å². The number of nitrogens with zero attached hydrogens (tertiary/aromatic N) is 3. The number of rotatable bonds is 4. The fraction of sp³-hybridized carbons (Fsp3) is 0.538. The largest absolute Gasteiger partial charge is 0.478 e. The highest BCUT2D eigenvalue weighted by atomic mass is 16.4. The van der Waals surface area contributed by atoms with Gasteiger partial charge < -0.3 is 14.9 Å². The molecule has 0 saturated carbocycles. The Labute approximate surface area is 107 Å². The van der Waals surface area contributed by atoms with Crippen LogP contribution in [0.15, 0.2) is 18.3 Å². The monoisotopic (exact) mass is 249 g/mol. The number of aromatic nitrogens is 1. The molecule has 1 unspecified atom stereocenters. The molecule has 0 amide bonds. The normalized spacial score (nSPS) is 19.5. The highest BCUT2D eigenvalue weighted by molar-refractivity contribution is 5.87. The molecule has 0 spiro atoms. The smallest absolute Gasteiger partial charge is 0.337 e. The molecule has 1 N–H and O–H groups in total. The molecule has 1 aliphatic rings. The maximum Gasteiger partial charge on any atom is 0.337 e. The SMILES string of the molecule is CN(C)CC1CCCN1c1ccc(C(=O)O)cn1. The van der Waals surface area contributed by atoms with E-state index in [2.05, 4.69) is 28.9 Å². The van der Waals surface area contributed by atoms with Gasteiger partial charge >= 0.3 is 5.97 Å². The van der Waals surface area contributed by atoms with Crippen LogP contribution in [-0.4, -0.2) is 54.2 Å². The van der Waals surface area contributed by atoms with Crippen LogP contribution in [0.1, 0.15) is 23.2 Å². The van der Waals surface area contributed by atoms with Gasteiger partial charge in [-0.15, -0.1) is 0 Å². The maximum atomic E-state index is 10.8. The van der Waals surface area contributed by atoms with E-state index in [0.717, 1.165) is 18.9 Å². The van der Waals surface area contributed by atoms with E-state index in [-0.39, 0.29) is 5.56 Å². The van der Waals surface area contributed by atoms with E-state index in [0.29, 0.717) is 6.04 Å². The third-order valence-electron chi connectivity index (χ3n) is 3.24. The average Bonchev–Trinajstić information content (AvgIpc) is 2.76. The van der Waals surface area contributed by atoms with Crippen LogP contribution in [0.2, 0.25) is 0 Å². The summed E-state index contributed by atoms with van der Waals surface area (Å²) in [5.41, 5.74) is 0.238. The molecule has 18 heavy (non-hydrogen) atoms. The summed E-state index contributed by atoms with van der Waals surface area (Å²) in [6.07, 6.45) is 3.77. The predicted molar refractivity (Wildman–Crippen MR) is 70.1 cm³/mol. The molecular weight excluding hydrogens is 230 g/mol. The third-order valence-corrected chi connectivity index (χ3v) is 3.24. The Bertz CT molecular complexity index is 417. The fourth-order valence-electron chi connectivity index (χ4n) is 2.43. The molecule has 2 rings (SSSR count). The standard InChI is InChI=1S/C13H19N3O2/c1-15(2)9-11-4-3-7-16(11)12-6-5-10(8-14-12)13(17)18/h5-6,8,11H,3-4,7,9H2,1-2H3,(H,17,18). The van der Waals surface area contributed by atoms with Crippen molar-refractivity contribution in [1.29, 1.82) is 0 Å². The summed E-state index contributed by atoms with van der Waals surface area (Å²) in [4.78, 5) is 19.5. The van der Waals surface area contributed by atoms with Gasteiger partial charge in [0.2, 0.25) is 0 Å². The fourth-order valence-corrected chi connectivity index (χ4v) is 2.43. The molecule has 1 aliphatic heterocycles. The first kappa shape index (κ1) is 12.8. The van der Waals surface area contributed by atoms with Gasteiger partial charge in [0.1, 0.15) is 5.82 Å². The molecule has 1 aromatic rings. The topological polar surface area (TPSA) is 56.7 Å². The number of carboxylic acids is 1. The van der Waals surface area contributed by atoms with Gasteiger partial charge in [0.05, 0.1) is 5.56 Å². The first-order valence-corrected chi connectivity index (χ1v) is 6.18. The summed E-state index contributed by atoms with van der Waals surface area (Å²) < 4.78 is 0. The highest BCUT2D eigenvalue weighted by Gasteiger charge is 2.25. The summed E-state index contributed by atoms with van der Waals surface area (Å²) in [6.45, 7) is 2.00. The minimum atomic E-state index is -0.930. The van der Waals surface area contributed by atoms with Crippen LogP contribution in [0.5, 0.6) is 0 Å². The zero-order chi connectivity index (χ0) is 13.1. The van der Waals surface area contributed by atoms with E-state index in [1.807, 2.05) is 0 Å². The van der Waals surface area contributed by atoms with E-state index in [1.54, 1.807) is 12.1 Å². The van der Waals surface area contributed by atoms with Crippen molar-refractivity contribution in [2.75, 3.05) is 32.1 Å². The van der Waals surface area contributed by atoms with Gasteiger partial charge in [0, 0.05) is 25.3 Å². The second-order valence-electron chi connectivity index (χ2n) is 4.96. The van der Waals surface area contributed by atoms with Crippen LogP contribution in [0.4, 0.5) is 5.82 Å². The highest BCUT2D eigenvalue weighted by Crippen LogP contribution is 2.24. The minimum Gasteiger partial charge on any atom is -0.478 e. The molecule has 1 fully saturated rings. The van der Waals surface area contributed by atoms with Crippen LogP contribution < -0.4 is 4.90 Å². The third kappa shape index (κ3) is 2.79. The molecule has 1 atom stereocenters. The van der Waals surface area contributed by atoms with Crippen molar-refractivity contribution in [3.8, 4) is 0 Å². The molecule has 1 saturated heterocycles. The Kier molecular flexibility index (Phi) is 3.81. The molecule has 1 aromatic heterocycles. The summed E-state index contributed by atoms with van der Waals surface area (Å²) in [5, 5.41) is 8.85. The lowest BCUT2D eigenvalue weighted by atomic mass is 10.2. The van der Waals surface area contributed by atoms with Crippen molar-refractivity contribution in [1.82, 2.24) is 9.88 Å². The number of aromatic carboxylic acids is 1. The second kappa shape index (κ2) is 5.35. The van der Waals surface area contributed by atoms with Crippen molar-refractivity contribution < 1.29 is 9.90 Å². The summed E-state index contributed by atoms with van der Waals surface area (Å²) in [5.74, 6) is -0.0512. The maximum absolute atomic E-state index is 10.8. The summed E-state index contributed by atoms with van der Waals surface area (Å²) in [7, 11) is 4.13. The molecule has 5 nitrogen and oxygen atoms in total. The van der Waals surface area contributed by atoms with Gasteiger partial charge in [0.15, 0.2) is 0 Å². The molecule has 2 heterocycles. The van der Waals surface area contributed by atoms with Crippen LogP contribution >= 0.6 is 0 Å². The number of carboxylic acid groups (broad SMARTS) is 1. The van der Waals surface area contributed by atoms with Gasteiger partial charge in [-0.3, -0.25) is 0 Å². The van der Waals surface area contributed by atoms with E-state index >= 15 is 0 Å². The number of carbonyl (C=O) groups is 1. The zero-order valence-corrected chi connectivity index (χ0v) is 10.8. The van der Waals surface area contributed by atoms with E-state index in [1.165, 1.54) is 19.0 Å². The van der Waals surface area contributed by atoms with E-state index in [9.17, 15) is 4.79 Å². The Morgan fingerprint density at radius 1 is 1.56 bits per heavy atom.